The molecule has 1 aliphatic rings. The van der Waals surface area contributed by atoms with Crippen molar-refractivity contribution in [2.45, 2.75) is 13.5 Å². The minimum absolute atomic E-state index is 0. The van der Waals surface area contributed by atoms with Crippen LogP contribution in [0.1, 0.15) is 10.6 Å². The number of nitrogens with zero attached hydrogens (tertiary/aromatic N) is 5. The van der Waals surface area contributed by atoms with E-state index in [-0.39, 0.29) is 64.5 Å². The fourth-order valence-corrected chi connectivity index (χ4v) is 4.03. The molecular formula is C20H19KN6O4S. The maximum atomic E-state index is 12.0. The van der Waals surface area contributed by atoms with Crippen LogP contribution in [-0.4, -0.2) is 56.6 Å². The zero-order chi connectivity index (χ0) is 21.8. The number of nitrogens with one attached hydrogen (secondary N) is 1. The second-order valence-corrected chi connectivity index (χ2v) is 8.03. The third-order valence-electron chi connectivity index (χ3n) is 4.53. The number of carbonyl (C=O) groups is 2. The molecule has 0 atom stereocenters. The summed E-state index contributed by atoms with van der Waals surface area (Å²) in [6.45, 7) is 3.13. The van der Waals surface area contributed by atoms with Gasteiger partial charge in [0.2, 0.25) is 0 Å². The van der Waals surface area contributed by atoms with E-state index in [1.165, 1.54) is 11.3 Å². The second-order valence-electron chi connectivity index (χ2n) is 6.92. The predicted molar refractivity (Wildman–Crippen MR) is 111 cm³/mol. The van der Waals surface area contributed by atoms with E-state index < -0.39 is 12.1 Å². The first-order valence-electron chi connectivity index (χ1n) is 9.50. The zero-order valence-corrected chi connectivity index (χ0v) is 21.6. The average Bonchev–Trinajstić information content (AvgIpc) is 3.19. The Bertz CT molecular complexity index is 1110. The van der Waals surface area contributed by atoms with Gasteiger partial charge in [0.15, 0.2) is 0 Å². The largest absolute Gasteiger partial charge is 1.00 e. The average molecular weight is 479 g/mol. The molecular weight excluding hydrogens is 459 g/mol. The van der Waals surface area contributed by atoms with Gasteiger partial charge >= 0.3 is 51.4 Å². The third kappa shape index (κ3) is 6.54. The van der Waals surface area contributed by atoms with Crippen molar-refractivity contribution in [2.24, 2.45) is 0 Å². The molecule has 10 nitrogen and oxygen atoms in total. The number of carboxylic acid groups (broad SMARTS) is 1. The summed E-state index contributed by atoms with van der Waals surface area (Å²) in [7, 11) is 0. The number of anilines is 2. The van der Waals surface area contributed by atoms with E-state index in [9.17, 15) is 14.7 Å². The molecule has 0 radical (unpaired) electrons. The van der Waals surface area contributed by atoms with Crippen LogP contribution in [0.4, 0.5) is 16.4 Å². The molecule has 1 aliphatic heterocycles. The quantitative estimate of drug-likeness (QED) is 0.425. The Morgan fingerprint density at radius 3 is 2.84 bits per heavy atom. The van der Waals surface area contributed by atoms with E-state index in [2.05, 4.69) is 25.1 Å². The Morgan fingerprint density at radius 1 is 1.25 bits per heavy atom. The van der Waals surface area contributed by atoms with Crippen LogP contribution in [0, 0.1) is 6.92 Å². The van der Waals surface area contributed by atoms with Crippen LogP contribution >= 0.6 is 11.3 Å². The third-order valence-corrected chi connectivity index (χ3v) is 5.53. The van der Waals surface area contributed by atoms with Crippen molar-refractivity contribution in [1.82, 2.24) is 24.9 Å². The number of aromatic nitrogens is 3. The molecule has 160 valence electrons. The molecule has 0 bridgehead atoms. The number of hydrogen-bond donors (Lipinski definition) is 1. The first kappa shape index (κ1) is 24.7. The smallest absolute Gasteiger partial charge is 0.438 e. The molecule has 1 N–H and O–H groups in total. The number of carbonyl (C=O) groups excluding carboxylic acids is 2. The summed E-state index contributed by atoms with van der Waals surface area (Å²) in [6.07, 6.45) is 1.76. The SMILES string of the molecule is Cc1ccnc(Nc2cccc(-c3cnc(CN4CCN(OC(=O)[O-])C(=O)C4)s3)n2)c1.[K+]. The van der Waals surface area contributed by atoms with E-state index >= 15 is 0 Å². The summed E-state index contributed by atoms with van der Waals surface area (Å²) in [6, 6.07) is 9.56. The first-order chi connectivity index (χ1) is 15.0. The molecule has 0 spiro atoms. The monoisotopic (exact) mass is 478 g/mol. The minimum Gasteiger partial charge on any atom is -0.438 e. The Hall–Kier alpha value is -1.93. The van der Waals surface area contributed by atoms with Crippen LogP contribution < -0.4 is 61.8 Å². The van der Waals surface area contributed by atoms with Crippen LogP contribution in [0.5, 0.6) is 0 Å². The Morgan fingerprint density at radius 2 is 2.09 bits per heavy atom. The van der Waals surface area contributed by atoms with E-state index in [0.29, 0.717) is 18.9 Å². The zero-order valence-electron chi connectivity index (χ0n) is 17.6. The summed E-state index contributed by atoms with van der Waals surface area (Å²) in [4.78, 5) is 43.0. The van der Waals surface area contributed by atoms with Crippen molar-refractivity contribution < 1.29 is 70.9 Å². The van der Waals surface area contributed by atoms with Gasteiger partial charge in [0.1, 0.15) is 16.6 Å². The van der Waals surface area contributed by atoms with Crippen molar-refractivity contribution in [2.75, 3.05) is 25.0 Å². The standard InChI is InChI=1S/C20H20N6O4S.K/c1-13-5-6-21-17(9-13)24-16-4-2-3-14(23-16)15-10-22-18(31-15)11-25-7-8-26(19(27)12-25)30-20(28)29;/h2-6,9-10H,7-8,11-12H2,1H3,(H,28,29)(H,21,23,24);/q;+1/p-1. The fraction of sp³-hybridized carbons (Fsp3) is 0.250. The van der Waals surface area contributed by atoms with E-state index in [4.69, 9.17) is 0 Å². The summed E-state index contributed by atoms with van der Waals surface area (Å²) in [5.74, 6) is 0.971. The maximum absolute atomic E-state index is 12.0. The van der Waals surface area contributed by atoms with Crippen molar-refractivity contribution >= 4 is 35.0 Å². The molecule has 1 amide bonds. The molecule has 4 rings (SSSR count). The van der Waals surface area contributed by atoms with Crippen LogP contribution in [0.15, 0.2) is 42.7 Å². The number of hydrogen-bond acceptors (Lipinski definition) is 10. The predicted octanol–water partition coefficient (Wildman–Crippen LogP) is -1.42. The van der Waals surface area contributed by atoms with Crippen LogP contribution in [0.25, 0.3) is 10.6 Å². The Kier molecular flexibility index (Phi) is 8.70. The molecule has 3 aromatic heterocycles. The summed E-state index contributed by atoms with van der Waals surface area (Å²) in [5.41, 5.74) is 1.89. The van der Waals surface area contributed by atoms with Crippen LogP contribution in [0.2, 0.25) is 0 Å². The number of aryl methyl sites for hydroxylation is 1. The summed E-state index contributed by atoms with van der Waals surface area (Å²) < 4.78 is 0. The molecule has 1 fully saturated rings. The first-order valence-corrected chi connectivity index (χ1v) is 10.3. The van der Waals surface area contributed by atoms with Gasteiger partial charge in [-0.25, -0.2) is 20.0 Å². The number of amides is 1. The molecule has 12 heteroatoms. The van der Waals surface area contributed by atoms with E-state index in [0.717, 1.165) is 32.0 Å². The van der Waals surface area contributed by atoms with Crippen molar-refractivity contribution in [1.29, 1.82) is 0 Å². The molecule has 0 unspecified atom stereocenters. The van der Waals surface area contributed by atoms with Crippen molar-refractivity contribution in [3.63, 3.8) is 0 Å². The molecule has 32 heavy (non-hydrogen) atoms. The van der Waals surface area contributed by atoms with Crippen molar-refractivity contribution in [3.8, 4) is 10.6 Å². The molecule has 1 saturated heterocycles. The van der Waals surface area contributed by atoms with Gasteiger partial charge < -0.3 is 20.1 Å². The van der Waals surface area contributed by atoms with Crippen LogP contribution in [0.3, 0.4) is 0 Å². The number of rotatable bonds is 6. The minimum atomic E-state index is -1.74. The molecule has 0 aromatic carbocycles. The normalized spacial score (nSPS) is 14.0. The van der Waals surface area contributed by atoms with E-state index in [1.54, 1.807) is 12.4 Å². The second kappa shape index (κ2) is 11.3. The molecule has 0 aliphatic carbocycles. The number of pyridine rings is 2. The van der Waals surface area contributed by atoms with Gasteiger partial charge in [0.05, 0.1) is 30.2 Å². The van der Waals surface area contributed by atoms with Gasteiger partial charge in [-0.15, -0.1) is 11.3 Å². The Labute approximate surface area is 231 Å². The number of thiazole rings is 1. The van der Waals surface area contributed by atoms with E-state index in [1.807, 2.05) is 42.2 Å². The van der Waals surface area contributed by atoms with Gasteiger partial charge in [-0.1, -0.05) is 6.07 Å². The number of hydroxylamine groups is 2. The summed E-state index contributed by atoms with van der Waals surface area (Å²) in [5, 5.41) is 15.3. The topological polar surface area (TPSA) is 124 Å². The molecule has 4 heterocycles. The molecule has 0 saturated carbocycles. The molecule has 3 aromatic rings. The van der Waals surface area contributed by atoms with Crippen LogP contribution in [-0.2, 0) is 16.2 Å². The van der Waals surface area contributed by atoms with Gasteiger partial charge in [-0.3, -0.25) is 9.69 Å². The summed E-state index contributed by atoms with van der Waals surface area (Å²) >= 11 is 1.49. The van der Waals surface area contributed by atoms with Gasteiger partial charge in [0, 0.05) is 18.9 Å². The van der Waals surface area contributed by atoms with Gasteiger partial charge in [-0.05, 0) is 36.8 Å². The number of piperazine rings is 1. The van der Waals surface area contributed by atoms with Gasteiger partial charge in [0.25, 0.3) is 12.1 Å². The van der Waals surface area contributed by atoms with Gasteiger partial charge in [-0.2, -0.15) is 0 Å². The Balaban J connectivity index is 0.00000289. The fourth-order valence-electron chi connectivity index (χ4n) is 3.10. The van der Waals surface area contributed by atoms with Crippen molar-refractivity contribution in [3.05, 3.63) is 53.3 Å². The maximum Gasteiger partial charge on any atom is 1.00 e.